The standard InChI is InChI=1S/C23H24F3N3O4/c1-14(13-15(31)8-9-23(24,25)26)21(32)28-19-17-6-3-2-5-16(17)18-7-4-10-27-20(18)29(11-12-30)22(19)33/h2-7,10,14,19,30H,8-9,11-13H2,1H3,(H,28,32)/t14-,19?/m1/s1. The lowest BCUT2D eigenvalue weighted by molar-refractivity contribution is -0.144. The minimum Gasteiger partial charge on any atom is -0.395 e. The van der Waals surface area contributed by atoms with Gasteiger partial charge in [0.25, 0.3) is 5.91 Å². The van der Waals surface area contributed by atoms with Gasteiger partial charge < -0.3 is 10.4 Å². The Morgan fingerprint density at radius 2 is 1.88 bits per heavy atom. The van der Waals surface area contributed by atoms with Gasteiger partial charge in [0, 0.05) is 30.5 Å². The number of halogens is 3. The molecule has 33 heavy (non-hydrogen) atoms. The van der Waals surface area contributed by atoms with Gasteiger partial charge in [0.15, 0.2) is 0 Å². The number of aliphatic hydroxyl groups is 1. The van der Waals surface area contributed by atoms with Crippen LogP contribution in [0.5, 0.6) is 0 Å². The number of pyridine rings is 1. The van der Waals surface area contributed by atoms with Crippen LogP contribution in [0.15, 0.2) is 42.6 Å². The summed E-state index contributed by atoms with van der Waals surface area (Å²) in [5.41, 5.74) is 1.84. The summed E-state index contributed by atoms with van der Waals surface area (Å²) >= 11 is 0. The maximum atomic E-state index is 13.4. The van der Waals surface area contributed by atoms with Crippen LogP contribution in [0.1, 0.15) is 37.8 Å². The Balaban J connectivity index is 1.85. The van der Waals surface area contributed by atoms with Crippen LogP contribution in [-0.4, -0.2) is 47.0 Å². The fourth-order valence-electron chi connectivity index (χ4n) is 3.77. The fraction of sp³-hybridized carbons (Fsp3) is 0.391. The molecule has 2 atom stereocenters. The highest BCUT2D eigenvalue weighted by molar-refractivity contribution is 6.05. The molecule has 2 heterocycles. The molecule has 0 saturated carbocycles. The smallest absolute Gasteiger partial charge is 0.389 e. The Bertz CT molecular complexity index is 1040. The van der Waals surface area contributed by atoms with Crippen LogP contribution >= 0.6 is 0 Å². The average Bonchev–Trinajstić information content (AvgIpc) is 2.87. The quantitative estimate of drug-likeness (QED) is 0.627. The molecule has 1 aliphatic heterocycles. The molecule has 0 aliphatic carbocycles. The molecule has 2 amide bonds. The van der Waals surface area contributed by atoms with Crippen molar-refractivity contribution < 1.29 is 32.7 Å². The largest absolute Gasteiger partial charge is 0.395 e. The number of fused-ring (bicyclic) bond motifs is 3. The number of anilines is 1. The molecule has 176 valence electrons. The number of nitrogens with one attached hydrogen (secondary N) is 1. The van der Waals surface area contributed by atoms with Gasteiger partial charge in [-0.1, -0.05) is 31.2 Å². The first-order valence-corrected chi connectivity index (χ1v) is 10.5. The van der Waals surface area contributed by atoms with Crippen molar-refractivity contribution in [2.75, 3.05) is 18.1 Å². The predicted octanol–water partition coefficient (Wildman–Crippen LogP) is 3.18. The number of β-amino-alcohol motifs (C(OH)–C–C–N with tert-alkyl or cyclic N) is 1. The molecule has 0 spiro atoms. The summed E-state index contributed by atoms with van der Waals surface area (Å²) in [4.78, 5) is 43.8. The zero-order valence-corrected chi connectivity index (χ0v) is 17.9. The number of hydrogen-bond donors (Lipinski definition) is 2. The van der Waals surface area contributed by atoms with Crippen molar-refractivity contribution >= 4 is 23.4 Å². The van der Waals surface area contributed by atoms with Crippen molar-refractivity contribution in [3.05, 3.63) is 48.2 Å². The van der Waals surface area contributed by atoms with Crippen molar-refractivity contribution in [2.45, 2.75) is 38.4 Å². The minimum atomic E-state index is -4.45. The summed E-state index contributed by atoms with van der Waals surface area (Å²) in [6.45, 7) is 1.05. The molecule has 3 rings (SSSR count). The number of aromatic nitrogens is 1. The summed E-state index contributed by atoms with van der Waals surface area (Å²) in [5, 5.41) is 12.2. The molecule has 0 saturated heterocycles. The van der Waals surface area contributed by atoms with E-state index in [1.807, 2.05) is 0 Å². The van der Waals surface area contributed by atoms with E-state index in [0.717, 1.165) is 0 Å². The van der Waals surface area contributed by atoms with Gasteiger partial charge >= 0.3 is 6.18 Å². The van der Waals surface area contributed by atoms with Gasteiger partial charge in [0.2, 0.25) is 5.91 Å². The third kappa shape index (κ3) is 5.75. The number of alkyl halides is 3. The molecule has 2 N–H and O–H groups in total. The lowest BCUT2D eigenvalue weighted by Gasteiger charge is -2.26. The van der Waals surface area contributed by atoms with Crippen LogP contribution in [0.3, 0.4) is 0 Å². The van der Waals surface area contributed by atoms with Crippen LogP contribution in [0.2, 0.25) is 0 Å². The monoisotopic (exact) mass is 463 g/mol. The normalized spacial score (nSPS) is 16.5. The Labute approximate surface area is 188 Å². The van der Waals surface area contributed by atoms with Gasteiger partial charge in [-0.25, -0.2) is 4.98 Å². The summed E-state index contributed by atoms with van der Waals surface area (Å²) in [5.74, 6) is -2.41. The maximum Gasteiger partial charge on any atom is 0.389 e. The lowest BCUT2D eigenvalue weighted by Crippen LogP contribution is -2.45. The summed E-state index contributed by atoms with van der Waals surface area (Å²) in [6, 6.07) is 9.35. The molecule has 1 unspecified atom stereocenters. The first-order valence-electron chi connectivity index (χ1n) is 10.5. The summed E-state index contributed by atoms with van der Waals surface area (Å²) in [6.07, 6.45) is -5.23. The molecule has 1 aromatic carbocycles. The SMILES string of the molecule is C[C@H](CC(=O)CCC(F)(F)F)C(=O)NC1C(=O)N(CCO)c2ncccc2-c2ccccc21. The molecule has 0 radical (unpaired) electrons. The zero-order valence-electron chi connectivity index (χ0n) is 17.9. The molecule has 1 aliphatic rings. The molecule has 2 aromatic rings. The van der Waals surface area contributed by atoms with E-state index in [9.17, 15) is 32.7 Å². The van der Waals surface area contributed by atoms with Crippen molar-refractivity contribution in [3.63, 3.8) is 0 Å². The fourth-order valence-corrected chi connectivity index (χ4v) is 3.77. The highest BCUT2D eigenvalue weighted by atomic mass is 19.4. The number of hydrogen-bond acceptors (Lipinski definition) is 5. The van der Waals surface area contributed by atoms with Crippen LogP contribution in [0, 0.1) is 5.92 Å². The summed E-state index contributed by atoms with van der Waals surface area (Å²) in [7, 11) is 0. The first-order chi connectivity index (χ1) is 15.6. The van der Waals surface area contributed by atoms with Crippen LogP contribution < -0.4 is 10.2 Å². The van der Waals surface area contributed by atoms with Crippen molar-refractivity contribution in [2.24, 2.45) is 5.92 Å². The second-order valence-electron chi connectivity index (χ2n) is 7.88. The highest BCUT2D eigenvalue weighted by Gasteiger charge is 2.36. The molecule has 7 nitrogen and oxygen atoms in total. The van der Waals surface area contributed by atoms with Gasteiger partial charge in [0.1, 0.15) is 17.6 Å². The predicted molar refractivity (Wildman–Crippen MR) is 114 cm³/mol. The van der Waals surface area contributed by atoms with Crippen molar-refractivity contribution in [1.82, 2.24) is 10.3 Å². The van der Waals surface area contributed by atoms with E-state index in [4.69, 9.17) is 0 Å². The first kappa shape index (κ1) is 24.4. The molecular formula is C23H24F3N3O4. The zero-order chi connectivity index (χ0) is 24.2. The Morgan fingerprint density at radius 1 is 1.18 bits per heavy atom. The topological polar surface area (TPSA) is 99.6 Å². The van der Waals surface area contributed by atoms with E-state index < -0.39 is 48.6 Å². The Hall–Kier alpha value is -3.27. The minimum absolute atomic E-state index is 0.0469. The Morgan fingerprint density at radius 3 is 2.58 bits per heavy atom. The van der Waals surface area contributed by atoms with Crippen LogP contribution in [0.25, 0.3) is 11.1 Å². The van der Waals surface area contributed by atoms with Crippen LogP contribution in [-0.2, 0) is 14.4 Å². The number of ketones is 1. The number of carbonyl (C=O) groups is 3. The van der Waals surface area contributed by atoms with Gasteiger partial charge in [-0.15, -0.1) is 0 Å². The lowest BCUT2D eigenvalue weighted by atomic mass is 9.95. The third-order valence-corrected chi connectivity index (χ3v) is 5.40. The number of rotatable bonds is 8. The number of aliphatic hydroxyl groups excluding tert-OH is 1. The number of carbonyl (C=O) groups excluding carboxylic acids is 3. The van der Waals surface area contributed by atoms with Crippen molar-refractivity contribution in [1.29, 1.82) is 0 Å². The number of nitrogens with zero attached hydrogens (tertiary/aromatic N) is 2. The molecule has 10 heteroatoms. The van der Waals surface area contributed by atoms with Gasteiger partial charge in [-0.2, -0.15) is 13.2 Å². The van der Waals surface area contributed by atoms with Crippen molar-refractivity contribution in [3.8, 4) is 11.1 Å². The molecule has 0 fully saturated rings. The number of amides is 2. The van der Waals surface area contributed by atoms with Crippen LogP contribution in [0.4, 0.5) is 19.0 Å². The van der Waals surface area contributed by atoms with E-state index >= 15 is 0 Å². The van der Waals surface area contributed by atoms with E-state index in [1.165, 1.54) is 18.0 Å². The maximum absolute atomic E-state index is 13.4. The second-order valence-corrected chi connectivity index (χ2v) is 7.88. The van der Waals surface area contributed by atoms with E-state index in [-0.39, 0.29) is 19.6 Å². The number of benzene rings is 1. The summed E-state index contributed by atoms with van der Waals surface area (Å²) < 4.78 is 37.1. The molecule has 0 bridgehead atoms. The highest BCUT2D eigenvalue weighted by Crippen LogP contribution is 2.38. The Kier molecular flexibility index (Phi) is 7.47. The van der Waals surface area contributed by atoms with E-state index in [2.05, 4.69) is 10.3 Å². The van der Waals surface area contributed by atoms with Gasteiger partial charge in [-0.05, 0) is 23.3 Å². The molecular weight excluding hydrogens is 439 g/mol. The second kappa shape index (κ2) is 10.1. The van der Waals surface area contributed by atoms with Gasteiger partial charge in [0.05, 0.1) is 19.6 Å². The van der Waals surface area contributed by atoms with E-state index in [1.54, 1.807) is 36.4 Å². The molecule has 1 aromatic heterocycles. The van der Waals surface area contributed by atoms with Gasteiger partial charge in [-0.3, -0.25) is 19.3 Å². The third-order valence-electron chi connectivity index (χ3n) is 5.40. The average molecular weight is 463 g/mol. The number of Topliss-reactive ketones (excluding diaryl/α,β-unsaturated/α-hetero) is 1. The van der Waals surface area contributed by atoms with E-state index in [0.29, 0.717) is 22.5 Å².